The quantitative estimate of drug-likeness (QED) is 0.644. The van der Waals surface area contributed by atoms with Gasteiger partial charge in [-0.1, -0.05) is 32.4 Å². The van der Waals surface area contributed by atoms with Gasteiger partial charge in [-0.3, -0.25) is 9.59 Å². The fraction of sp³-hybridized carbons (Fsp3) is 0.458. The summed E-state index contributed by atoms with van der Waals surface area (Å²) in [6, 6.07) is 9.48. The van der Waals surface area contributed by atoms with Gasteiger partial charge in [0.2, 0.25) is 5.91 Å². The van der Waals surface area contributed by atoms with Crippen molar-refractivity contribution in [3.05, 3.63) is 63.2 Å². The van der Waals surface area contributed by atoms with Crippen molar-refractivity contribution in [2.75, 3.05) is 5.32 Å². The molecule has 0 spiro atoms. The fourth-order valence-electron chi connectivity index (χ4n) is 3.46. The van der Waals surface area contributed by atoms with Gasteiger partial charge in [-0.25, -0.2) is 4.79 Å². The zero-order valence-corrected chi connectivity index (χ0v) is 17.9. The van der Waals surface area contributed by atoms with Crippen molar-refractivity contribution in [2.45, 2.75) is 71.3 Å². The summed E-state index contributed by atoms with van der Waals surface area (Å²) in [5.74, 6) is 0.352. The molecule has 0 bridgehead atoms. The van der Waals surface area contributed by atoms with E-state index in [1.54, 1.807) is 25.1 Å². The highest BCUT2D eigenvalue weighted by Gasteiger charge is 2.23. The summed E-state index contributed by atoms with van der Waals surface area (Å²) < 4.78 is 5.41. The smallest absolute Gasteiger partial charge is 0.349 e. The third kappa shape index (κ3) is 5.81. The molecule has 1 atom stereocenters. The molecule has 1 unspecified atom stereocenters. The molecule has 1 aromatic carbocycles. The van der Waals surface area contributed by atoms with E-state index in [1.807, 2.05) is 19.1 Å². The summed E-state index contributed by atoms with van der Waals surface area (Å²) in [6.07, 6.45) is 5.17. The largest absolute Gasteiger partial charge is 0.427 e. The van der Waals surface area contributed by atoms with Gasteiger partial charge in [0.05, 0.1) is 0 Å². The molecule has 2 aromatic rings. The van der Waals surface area contributed by atoms with Gasteiger partial charge in [0, 0.05) is 24.1 Å². The van der Waals surface area contributed by atoms with Gasteiger partial charge >= 0.3 is 5.63 Å². The van der Waals surface area contributed by atoms with E-state index < -0.39 is 11.5 Å². The first-order valence-corrected chi connectivity index (χ1v) is 10.7. The van der Waals surface area contributed by atoms with Crippen molar-refractivity contribution < 1.29 is 14.0 Å². The normalized spacial score (nSPS) is 14.2. The first kappa shape index (κ1) is 21.8. The lowest BCUT2D eigenvalue weighted by atomic mass is 10.0. The maximum Gasteiger partial charge on any atom is 0.349 e. The molecule has 1 aliphatic rings. The molecule has 1 aliphatic carbocycles. The molecule has 6 nitrogen and oxygen atoms in total. The van der Waals surface area contributed by atoms with E-state index in [0.717, 1.165) is 31.2 Å². The third-order valence-corrected chi connectivity index (χ3v) is 5.40. The number of hydrogen-bond acceptors (Lipinski definition) is 4. The van der Waals surface area contributed by atoms with Crippen molar-refractivity contribution in [3.63, 3.8) is 0 Å². The number of anilines is 1. The molecule has 1 aromatic heterocycles. The molecule has 0 radical (unpaired) electrons. The van der Waals surface area contributed by atoms with E-state index in [9.17, 15) is 14.4 Å². The predicted molar refractivity (Wildman–Crippen MR) is 117 cm³/mol. The molecule has 0 saturated heterocycles. The van der Waals surface area contributed by atoms with E-state index >= 15 is 0 Å². The van der Waals surface area contributed by atoms with Gasteiger partial charge in [0.15, 0.2) is 0 Å². The Bertz CT molecular complexity index is 958. The molecule has 1 heterocycles. The van der Waals surface area contributed by atoms with Crippen molar-refractivity contribution in [1.82, 2.24) is 5.32 Å². The first-order chi connectivity index (χ1) is 14.4. The molecule has 2 N–H and O–H groups in total. The topological polar surface area (TPSA) is 88.4 Å². The summed E-state index contributed by atoms with van der Waals surface area (Å²) in [5.41, 5.74) is 1.64. The number of carbonyl (C=O) groups is 2. The van der Waals surface area contributed by atoms with Crippen LogP contribution in [0, 0.1) is 6.92 Å². The van der Waals surface area contributed by atoms with Crippen LogP contribution in [-0.2, 0) is 11.2 Å². The molecule has 6 heteroatoms. The van der Waals surface area contributed by atoms with Gasteiger partial charge in [0.25, 0.3) is 5.91 Å². The van der Waals surface area contributed by atoms with Crippen molar-refractivity contribution in [1.29, 1.82) is 0 Å². The van der Waals surface area contributed by atoms with Gasteiger partial charge in [-0.05, 0) is 61.9 Å². The molecule has 30 heavy (non-hydrogen) atoms. The van der Waals surface area contributed by atoms with Gasteiger partial charge in [0.1, 0.15) is 11.3 Å². The molecule has 2 amide bonds. The monoisotopic (exact) mass is 410 g/mol. The number of benzene rings is 1. The number of hydrogen-bond donors (Lipinski definition) is 2. The van der Waals surface area contributed by atoms with E-state index in [1.165, 1.54) is 0 Å². The Kier molecular flexibility index (Phi) is 7.08. The van der Waals surface area contributed by atoms with Crippen molar-refractivity contribution >= 4 is 17.5 Å². The molecule has 1 saturated carbocycles. The van der Waals surface area contributed by atoms with E-state index in [4.69, 9.17) is 4.42 Å². The van der Waals surface area contributed by atoms with Gasteiger partial charge < -0.3 is 15.1 Å². The molecule has 0 aliphatic heterocycles. The van der Waals surface area contributed by atoms with Crippen molar-refractivity contribution in [2.24, 2.45) is 0 Å². The Balaban J connectivity index is 1.61. The number of aryl methyl sites for hydroxylation is 2. The second-order valence-electron chi connectivity index (χ2n) is 8.18. The number of carbonyl (C=O) groups excluding carboxylic acids is 2. The SMILES string of the molecule is CCCC(C)c1cc(C)c(C(=O)Nc2ccc(CCC(=O)NC3CC3)cc2)c(=O)o1. The van der Waals surface area contributed by atoms with E-state index in [0.29, 0.717) is 35.9 Å². The highest BCUT2D eigenvalue weighted by molar-refractivity contribution is 6.04. The minimum atomic E-state index is -0.608. The van der Waals surface area contributed by atoms with Crippen LogP contribution in [0.25, 0.3) is 0 Å². The highest BCUT2D eigenvalue weighted by Crippen LogP contribution is 2.22. The first-order valence-electron chi connectivity index (χ1n) is 10.7. The third-order valence-electron chi connectivity index (χ3n) is 5.40. The van der Waals surface area contributed by atoms with E-state index in [-0.39, 0.29) is 17.4 Å². The van der Waals surface area contributed by atoms with Crippen LogP contribution < -0.4 is 16.3 Å². The van der Waals surface area contributed by atoms with Gasteiger partial charge in [-0.2, -0.15) is 0 Å². The summed E-state index contributed by atoms with van der Waals surface area (Å²) in [5, 5.41) is 5.74. The second kappa shape index (κ2) is 9.74. The lowest BCUT2D eigenvalue weighted by molar-refractivity contribution is -0.121. The average molecular weight is 411 g/mol. The minimum absolute atomic E-state index is 0.0308. The molecule has 1 fully saturated rings. The summed E-state index contributed by atoms with van der Waals surface area (Å²) in [7, 11) is 0. The van der Waals surface area contributed by atoms with Crippen LogP contribution in [0.4, 0.5) is 5.69 Å². The fourth-order valence-corrected chi connectivity index (χ4v) is 3.46. The average Bonchev–Trinajstić information content (AvgIpc) is 3.51. The van der Waals surface area contributed by atoms with Crippen LogP contribution in [0.15, 0.2) is 39.5 Å². The van der Waals surface area contributed by atoms with Crippen LogP contribution >= 0.6 is 0 Å². The Morgan fingerprint density at radius 1 is 1.20 bits per heavy atom. The van der Waals surface area contributed by atoms with Crippen LogP contribution in [0.3, 0.4) is 0 Å². The molecule has 3 rings (SSSR count). The molecular formula is C24H30N2O4. The van der Waals surface area contributed by atoms with Crippen LogP contribution in [0.5, 0.6) is 0 Å². The number of nitrogens with one attached hydrogen (secondary N) is 2. The summed E-state index contributed by atoms with van der Waals surface area (Å²) >= 11 is 0. The maximum absolute atomic E-state index is 12.6. The zero-order chi connectivity index (χ0) is 21.7. The lowest BCUT2D eigenvalue weighted by Gasteiger charge is -2.12. The van der Waals surface area contributed by atoms with Crippen molar-refractivity contribution in [3.8, 4) is 0 Å². The van der Waals surface area contributed by atoms with Gasteiger partial charge in [-0.15, -0.1) is 0 Å². The second-order valence-corrected chi connectivity index (χ2v) is 8.18. The summed E-state index contributed by atoms with van der Waals surface area (Å²) in [4.78, 5) is 36.9. The van der Waals surface area contributed by atoms with Crippen LogP contribution in [-0.4, -0.2) is 17.9 Å². The van der Waals surface area contributed by atoms with Crippen LogP contribution in [0.2, 0.25) is 0 Å². The Morgan fingerprint density at radius 3 is 2.50 bits per heavy atom. The maximum atomic E-state index is 12.6. The molecular weight excluding hydrogens is 380 g/mol. The summed E-state index contributed by atoms with van der Waals surface area (Å²) in [6.45, 7) is 5.85. The molecule has 160 valence electrons. The number of rotatable bonds is 9. The Hall–Kier alpha value is -2.89. The Morgan fingerprint density at radius 2 is 1.90 bits per heavy atom. The Labute approximate surface area is 177 Å². The van der Waals surface area contributed by atoms with E-state index in [2.05, 4.69) is 17.6 Å². The minimum Gasteiger partial charge on any atom is -0.427 e. The van der Waals surface area contributed by atoms with Crippen LogP contribution in [0.1, 0.15) is 79.1 Å². The zero-order valence-electron chi connectivity index (χ0n) is 17.9. The lowest BCUT2D eigenvalue weighted by Crippen LogP contribution is -2.25. The number of amides is 2. The predicted octanol–water partition coefficient (Wildman–Crippen LogP) is 4.32. The standard InChI is InChI=1S/C24H30N2O4/c1-4-5-15(2)20-14-16(3)22(24(29)30-20)23(28)26-19-9-6-17(7-10-19)8-13-21(27)25-18-11-12-18/h6-7,9-10,14-15,18H,4-5,8,11-13H2,1-3H3,(H,25,27)(H,26,28). The highest BCUT2D eigenvalue weighted by atomic mass is 16.4.